The fraction of sp³-hybridized carbons (Fsp3) is 0.0667. The third-order valence-electron chi connectivity index (χ3n) is 11.0. The molecule has 1 unspecified atom stereocenters. The van der Waals surface area contributed by atoms with Gasteiger partial charge in [-0.15, -0.1) is 0 Å². The largest absolute Gasteiger partial charge is 0.456 e. The average molecular weight is 615 g/mol. The van der Waals surface area contributed by atoms with Gasteiger partial charge in [-0.3, -0.25) is 0 Å². The molecule has 0 amide bonds. The number of hydrogen-bond donors (Lipinski definition) is 0. The Morgan fingerprint density at radius 3 is 2.15 bits per heavy atom. The van der Waals surface area contributed by atoms with E-state index in [2.05, 4.69) is 168 Å². The molecule has 3 heterocycles. The molecule has 7 aromatic carbocycles. The second-order valence-corrected chi connectivity index (χ2v) is 13.5. The van der Waals surface area contributed by atoms with Crippen LogP contribution >= 0.6 is 0 Å². The Labute approximate surface area is 277 Å². The van der Waals surface area contributed by atoms with Crippen LogP contribution in [0.4, 0.5) is 11.4 Å². The number of rotatable bonds is 2. The SMILES string of the molecule is CC12Cc3c(n(-c4cc5ccccc5c5ccccc45)c4ccccc34)C=C1N(c1ccccc1)c1c2ccc2oc3ccccc3c12. The fourth-order valence-electron chi connectivity index (χ4n) is 8.86. The molecule has 0 fully saturated rings. The molecule has 0 spiro atoms. The summed E-state index contributed by atoms with van der Waals surface area (Å²) in [6.07, 6.45) is 3.38. The summed E-state index contributed by atoms with van der Waals surface area (Å²) >= 11 is 0. The summed E-state index contributed by atoms with van der Waals surface area (Å²) < 4.78 is 8.98. The van der Waals surface area contributed by atoms with Gasteiger partial charge in [-0.1, -0.05) is 109 Å². The van der Waals surface area contributed by atoms with Crippen molar-refractivity contribution in [2.75, 3.05) is 4.90 Å². The van der Waals surface area contributed by atoms with Crippen LogP contribution in [0.5, 0.6) is 0 Å². The molecular formula is C45H30N2O. The van der Waals surface area contributed by atoms with Crippen molar-refractivity contribution in [2.24, 2.45) is 0 Å². The Hall–Kier alpha value is -6.06. The van der Waals surface area contributed by atoms with Crippen LogP contribution in [0.1, 0.15) is 23.7 Å². The Kier molecular flexibility index (Phi) is 5.03. The van der Waals surface area contributed by atoms with Crippen molar-refractivity contribution in [1.29, 1.82) is 0 Å². The number of para-hydroxylation sites is 3. The number of fused-ring (bicyclic) bond motifs is 13. The predicted octanol–water partition coefficient (Wildman–Crippen LogP) is 11.8. The van der Waals surface area contributed by atoms with E-state index in [1.165, 1.54) is 71.7 Å². The lowest BCUT2D eigenvalue weighted by Gasteiger charge is -2.34. The first-order valence-electron chi connectivity index (χ1n) is 16.7. The molecule has 3 nitrogen and oxygen atoms in total. The number of allylic oxidation sites excluding steroid dienone is 1. The van der Waals surface area contributed by atoms with Crippen LogP contribution in [0, 0.1) is 0 Å². The fourth-order valence-corrected chi connectivity index (χ4v) is 8.86. The average Bonchev–Trinajstić information content (AvgIpc) is 3.75. The number of nitrogens with zero attached hydrogens (tertiary/aromatic N) is 2. The second-order valence-electron chi connectivity index (χ2n) is 13.5. The summed E-state index contributed by atoms with van der Waals surface area (Å²) in [5.74, 6) is 0. The first-order valence-corrected chi connectivity index (χ1v) is 16.7. The molecule has 1 atom stereocenters. The molecular weight excluding hydrogens is 585 g/mol. The third-order valence-corrected chi connectivity index (χ3v) is 11.0. The number of aromatic nitrogens is 1. The topological polar surface area (TPSA) is 21.3 Å². The maximum absolute atomic E-state index is 6.46. The molecule has 2 aromatic heterocycles. The molecule has 226 valence electrons. The molecule has 9 aromatic rings. The minimum Gasteiger partial charge on any atom is -0.456 e. The van der Waals surface area contributed by atoms with E-state index in [0.717, 1.165) is 28.7 Å². The van der Waals surface area contributed by atoms with E-state index in [-0.39, 0.29) is 5.41 Å². The summed E-state index contributed by atoms with van der Waals surface area (Å²) in [6.45, 7) is 2.44. The van der Waals surface area contributed by atoms with Gasteiger partial charge in [0.15, 0.2) is 0 Å². The van der Waals surface area contributed by atoms with Crippen molar-refractivity contribution in [1.82, 2.24) is 4.57 Å². The molecule has 0 saturated heterocycles. The summed E-state index contributed by atoms with van der Waals surface area (Å²) in [5, 5.41) is 8.72. The lowest BCUT2D eigenvalue weighted by molar-refractivity contribution is 0.567. The molecule has 1 aliphatic carbocycles. The maximum atomic E-state index is 6.46. The normalized spacial score (nSPS) is 16.9. The molecule has 11 rings (SSSR count). The Bertz CT molecular complexity index is 2840. The van der Waals surface area contributed by atoms with Crippen LogP contribution in [0.15, 0.2) is 156 Å². The van der Waals surface area contributed by atoms with Crippen molar-refractivity contribution in [2.45, 2.75) is 18.8 Å². The monoisotopic (exact) mass is 614 g/mol. The second kappa shape index (κ2) is 9.27. The van der Waals surface area contributed by atoms with Crippen LogP contribution in [-0.2, 0) is 11.8 Å². The highest BCUT2D eigenvalue weighted by molar-refractivity contribution is 6.16. The van der Waals surface area contributed by atoms with Gasteiger partial charge in [0, 0.05) is 33.0 Å². The predicted molar refractivity (Wildman–Crippen MR) is 200 cm³/mol. The van der Waals surface area contributed by atoms with E-state index < -0.39 is 0 Å². The summed E-state index contributed by atoms with van der Waals surface area (Å²) in [6, 6.07) is 52.8. The van der Waals surface area contributed by atoms with Crippen LogP contribution in [-0.4, -0.2) is 4.57 Å². The first-order chi connectivity index (χ1) is 23.7. The van der Waals surface area contributed by atoms with Crippen molar-refractivity contribution in [3.05, 3.63) is 168 Å². The number of hydrogen-bond acceptors (Lipinski definition) is 2. The highest BCUT2D eigenvalue weighted by atomic mass is 16.3. The minimum absolute atomic E-state index is 0.245. The Morgan fingerprint density at radius 2 is 1.29 bits per heavy atom. The lowest BCUT2D eigenvalue weighted by atomic mass is 9.73. The van der Waals surface area contributed by atoms with Gasteiger partial charge in [0.2, 0.25) is 0 Å². The van der Waals surface area contributed by atoms with Gasteiger partial charge in [0.1, 0.15) is 11.2 Å². The molecule has 3 heteroatoms. The quantitative estimate of drug-likeness (QED) is 0.181. The van der Waals surface area contributed by atoms with Gasteiger partial charge >= 0.3 is 0 Å². The van der Waals surface area contributed by atoms with Gasteiger partial charge in [-0.05, 0) is 83.1 Å². The van der Waals surface area contributed by atoms with Crippen LogP contribution in [0.2, 0.25) is 0 Å². The van der Waals surface area contributed by atoms with Gasteiger partial charge in [-0.25, -0.2) is 0 Å². The zero-order valence-electron chi connectivity index (χ0n) is 26.4. The summed E-state index contributed by atoms with van der Waals surface area (Å²) in [5.41, 5.74) is 11.7. The van der Waals surface area contributed by atoms with E-state index in [9.17, 15) is 0 Å². The van der Waals surface area contributed by atoms with E-state index in [0.29, 0.717) is 0 Å². The number of furan rings is 1. The van der Waals surface area contributed by atoms with Crippen molar-refractivity contribution < 1.29 is 4.42 Å². The van der Waals surface area contributed by atoms with Crippen molar-refractivity contribution in [3.63, 3.8) is 0 Å². The van der Waals surface area contributed by atoms with Crippen LogP contribution in [0.3, 0.4) is 0 Å². The van der Waals surface area contributed by atoms with E-state index >= 15 is 0 Å². The minimum atomic E-state index is -0.245. The molecule has 2 aliphatic rings. The summed E-state index contributed by atoms with van der Waals surface area (Å²) in [4.78, 5) is 2.52. The summed E-state index contributed by atoms with van der Waals surface area (Å²) in [7, 11) is 0. The van der Waals surface area contributed by atoms with Gasteiger partial charge in [0.25, 0.3) is 0 Å². The smallest absolute Gasteiger partial charge is 0.137 e. The van der Waals surface area contributed by atoms with Crippen LogP contribution < -0.4 is 4.90 Å². The first kappa shape index (κ1) is 26.1. The molecule has 0 N–H and O–H groups in total. The Balaban J connectivity index is 1.26. The van der Waals surface area contributed by atoms with E-state index in [4.69, 9.17) is 4.42 Å². The van der Waals surface area contributed by atoms with Crippen LogP contribution in [0.25, 0.3) is 66.1 Å². The van der Waals surface area contributed by atoms with Gasteiger partial charge < -0.3 is 13.9 Å². The standard InChI is InChI=1S/C45H30N2O/c1-45-27-35-33-19-9-11-21-37(33)47(38-25-28-13-5-6-16-30(28)31-17-7-8-18-32(31)38)39(35)26-42(45)46(29-14-3-2-4-15-29)44-36(45)23-24-41-43(44)34-20-10-12-22-40(34)48-41/h2-26H,27H2,1H3. The number of benzene rings is 7. The molecule has 48 heavy (non-hydrogen) atoms. The number of anilines is 2. The zero-order chi connectivity index (χ0) is 31.6. The molecule has 1 aliphatic heterocycles. The van der Waals surface area contributed by atoms with Crippen molar-refractivity contribution in [3.8, 4) is 5.69 Å². The van der Waals surface area contributed by atoms with E-state index in [1.54, 1.807) is 0 Å². The zero-order valence-corrected chi connectivity index (χ0v) is 26.4. The highest BCUT2D eigenvalue weighted by Gasteiger charge is 2.49. The van der Waals surface area contributed by atoms with E-state index in [1.807, 2.05) is 0 Å². The molecule has 0 saturated carbocycles. The van der Waals surface area contributed by atoms with Gasteiger partial charge in [0.05, 0.1) is 28.0 Å². The lowest BCUT2D eigenvalue weighted by Crippen LogP contribution is -2.31. The molecule has 0 radical (unpaired) electrons. The van der Waals surface area contributed by atoms with Crippen molar-refractivity contribution >= 4 is 71.8 Å². The molecule has 0 bridgehead atoms. The third kappa shape index (κ3) is 3.28. The Morgan fingerprint density at radius 1 is 0.604 bits per heavy atom. The maximum Gasteiger partial charge on any atom is 0.137 e. The highest BCUT2D eigenvalue weighted by Crippen LogP contribution is 2.59. The van der Waals surface area contributed by atoms with Gasteiger partial charge in [-0.2, -0.15) is 0 Å².